The number of thiazole rings is 1. The van der Waals surface area contributed by atoms with Crippen LogP contribution in [-0.2, 0) is 10.2 Å². The van der Waals surface area contributed by atoms with Crippen LogP contribution in [0.2, 0.25) is 0 Å². The Morgan fingerprint density at radius 1 is 1.11 bits per heavy atom. The van der Waals surface area contributed by atoms with Gasteiger partial charge in [-0.3, -0.25) is 9.59 Å². The van der Waals surface area contributed by atoms with E-state index in [2.05, 4.69) is 37.0 Å². The Morgan fingerprint density at radius 2 is 1.92 bits per heavy atom. The Balaban J connectivity index is 1.36. The minimum absolute atomic E-state index is 0.200. The highest BCUT2D eigenvalue weighted by molar-refractivity contribution is 7.21. The number of carbonyl (C=O) groups is 2. The molecule has 1 aliphatic rings. The molecule has 180 valence electrons. The van der Waals surface area contributed by atoms with Gasteiger partial charge in [0.1, 0.15) is 5.52 Å². The van der Waals surface area contributed by atoms with E-state index in [9.17, 15) is 14.9 Å². The quantitative estimate of drug-likeness (QED) is 0.333. The molecule has 9 nitrogen and oxygen atoms in total. The molecule has 0 unspecified atom stereocenters. The number of nitrogens with one attached hydrogen (secondary N) is 3. The third-order valence-corrected chi connectivity index (χ3v) is 7.11. The third-order valence-electron chi connectivity index (χ3n) is 6.23. The van der Waals surface area contributed by atoms with Gasteiger partial charge < -0.3 is 16.0 Å². The first kappa shape index (κ1) is 23.4. The van der Waals surface area contributed by atoms with Crippen LogP contribution in [0.1, 0.15) is 46.8 Å². The van der Waals surface area contributed by atoms with Gasteiger partial charge in [0.2, 0.25) is 11.9 Å². The molecule has 0 atom stereocenters. The highest BCUT2D eigenvalue weighted by Gasteiger charge is 2.46. The van der Waals surface area contributed by atoms with Crippen LogP contribution in [0.25, 0.3) is 10.3 Å². The number of fused-ring (bicyclic) bond motifs is 1. The van der Waals surface area contributed by atoms with Crippen LogP contribution in [0.15, 0.2) is 42.6 Å². The summed E-state index contributed by atoms with van der Waals surface area (Å²) in [6.45, 7) is 5.26. The Kier molecular flexibility index (Phi) is 5.86. The second-order valence-electron chi connectivity index (χ2n) is 8.87. The lowest BCUT2D eigenvalue weighted by molar-refractivity contribution is -0.114. The first-order valence-corrected chi connectivity index (χ1v) is 12.2. The van der Waals surface area contributed by atoms with Gasteiger partial charge in [-0.1, -0.05) is 29.5 Å². The Bertz CT molecular complexity index is 1570. The highest BCUT2D eigenvalue weighted by atomic mass is 32.1. The second-order valence-corrected chi connectivity index (χ2v) is 9.84. The summed E-state index contributed by atoms with van der Waals surface area (Å²) < 4.78 is 0. The molecule has 2 aromatic heterocycles. The van der Waals surface area contributed by atoms with E-state index in [4.69, 9.17) is 0 Å². The predicted octanol–water partition coefficient (Wildman–Crippen LogP) is 5.21. The summed E-state index contributed by atoms with van der Waals surface area (Å²) in [5.74, 6) is -0.0542. The van der Waals surface area contributed by atoms with Crippen LogP contribution in [-0.4, -0.2) is 26.8 Å². The Labute approximate surface area is 211 Å². The molecular formula is C26H23N7O2S. The van der Waals surface area contributed by atoms with Gasteiger partial charge in [-0.25, -0.2) is 9.97 Å². The number of aryl methyl sites for hydroxylation is 1. The lowest BCUT2D eigenvalue weighted by atomic mass is 9.90. The normalized spacial score (nSPS) is 13.6. The predicted molar refractivity (Wildman–Crippen MR) is 140 cm³/mol. The smallest absolute Gasteiger partial charge is 0.255 e. The third kappa shape index (κ3) is 4.48. The zero-order valence-electron chi connectivity index (χ0n) is 20.0. The molecule has 5 rings (SSSR count). The van der Waals surface area contributed by atoms with Gasteiger partial charge in [0.25, 0.3) is 5.91 Å². The number of aromatic nitrogens is 3. The molecule has 0 saturated heterocycles. The topological polar surface area (TPSA) is 133 Å². The van der Waals surface area contributed by atoms with Crippen molar-refractivity contribution >= 4 is 56.0 Å². The number of rotatable bonds is 6. The summed E-state index contributed by atoms with van der Waals surface area (Å²) in [4.78, 5) is 38.2. The maximum Gasteiger partial charge on any atom is 0.255 e. The summed E-state index contributed by atoms with van der Waals surface area (Å²) in [6, 6.07) is 13.5. The van der Waals surface area contributed by atoms with Crippen molar-refractivity contribution in [3.63, 3.8) is 0 Å². The number of hydrogen-bond acceptors (Lipinski definition) is 8. The van der Waals surface area contributed by atoms with Crippen molar-refractivity contribution in [2.75, 3.05) is 16.0 Å². The molecule has 0 spiro atoms. The second kappa shape index (κ2) is 9.02. The minimum Gasteiger partial charge on any atom is -0.324 e. The summed E-state index contributed by atoms with van der Waals surface area (Å²) in [7, 11) is 0. The molecule has 4 aromatic rings. The fourth-order valence-corrected chi connectivity index (χ4v) is 4.98. The standard InChI is InChI=1S/C26H23N7O2S/c1-14-7-8-17(30-22(35)18-5-4-6-19(15(18)2)26(13-27)9-10-26)11-20(14)31-24-28-12-21-23(33-24)36-25(32-21)29-16(3)34/h4-8,11-12H,9-10H2,1-3H3,(H,30,35)(H,28,31,33)(H,29,32,34). The van der Waals surface area contributed by atoms with Crippen LogP contribution in [0.5, 0.6) is 0 Å². The number of carbonyl (C=O) groups excluding carboxylic acids is 2. The minimum atomic E-state index is -0.455. The number of nitriles is 1. The van der Waals surface area contributed by atoms with Crippen LogP contribution >= 0.6 is 11.3 Å². The molecule has 0 aliphatic heterocycles. The largest absolute Gasteiger partial charge is 0.324 e. The average molecular weight is 498 g/mol. The van der Waals surface area contributed by atoms with Gasteiger partial charge in [-0.15, -0.1) is 0 Å². The molecule has 10 heteroatoms. The maximum atomic E-state index is 13.1. The van der Waals surface area contributed by atoms with E-state index in [-0.39, 0.29) is 11.8 Å². The lowest BCUT2D eigenvalue weighted by Gasteiger charge is -2.15. The summed E-state index contributed by atoms with van der Waals surface area (Å²) in [5.41, 5.74) is 4.76. The summed E-state index contributed by atoms with van der Waals surface area (Å²) in [6.07, 6.45) is 3.25. The van der Waals surface area contributed by atoms with E-state index in [1.807, 2.05) is 44.2 Å². The van der Waals surface area contributed by atoms with E-state index < -0.39 is 5.41 Å². The van der Waals surface area contributed by atoms with Crippen molar-refractivity contribution in [3.05, 3.63) is 64.8 Å². The molecule has 36 heavy (non-hydrogen) atoms. The SMILES string of the molecule is CC(=O)Nc1nc2cnc(Nc3cc(NC(=O)c4cccc(C5(C#N)CC5)c4C)ccc3C)nc2s1. The number of nitrogens with zero attached hydrogens (tertiary/aromatic N) is 4. The molecule has 0 radical (unpaired) electrons. The fourth-order valence-electron chi connectivity index (χ4n) is 4.12. The molecule has 2 heterocycles. The number of amides is 2. The number of benzene rings is 2. The average Bonchev–Trinajstić information content (AvgIpc) is 3.54. The molecule has 2 amide bonds. The van der Waals surface area contributed by atoms with Gasteiger partial charge >= 0.3 is 0 Å². The van der Waals surface area contributed by atoms with Crippen molar-refractivity contribution in [1.82, 2.24) is 15.0 Å². The van der Waals surface area contributed by atoms with Gasteiger partial charge in [-0.05, 0) is 61.6 Å². The number of hydrogen-bond donors (Lipinski definition) is 3. The molecule has 0 bridgehead atoms. The zero-order chi connectivity index (χ0) is 25.4. The van der Waals surface area contributed by atoms with Crippen LogP contribution in [0.4, 0.5) is 22.5 Å². The summed E-state index contributed by atoms with van der Waals surface area (Å²) in [5, 5.41) is 18.9. The van der Waals surface area contributed by atoms with Crippen LogP contribution < -0.4 is 16.0 Å². The summed E-state index contributed by atoms with van der Waals surface area (Å²) >= 11 is 1.26. The monoisotopic (exact) mass is 497 g/mol. The van der Waals surface area contributed by atoms with E-state index in [0.29, 0.717) is 32.7 Å². The Morgan fingerprint density at radius 3 is 2.64 bits per heavy atom. The van der Waals surface area contributed by atoms with Crippen molar-refractivity contribution in [2.24, 2.45) is 0 Å². The van der Waals surface area contributed by atoms with E-state index in [1.54, 1.807) is 12.3 Å². The fraction of sp³-hybridized carbons (Fsp3) is 0.231. The van der Waals surface area contributed by atoms with Crippen molar-refractivity contribution in [1.29, 1.82) is 5.26 Å². The van der Waals surface area contributed by atoms with Gasteiger partial charge in [0.15, 0.2) is 9.96 Å². The van der Waals surface area contributed by atoms with Crippen LogP contribution in [0, 0.1) is 25.2 Å². The Hall–Kier alpha value is -4.36. The van der Waals surface area contributed by atoms with E-state index >= 15 is 0 Å². The van der Waals surface area contributed by atoms with Gasteiger partial charge in [0.05, 0.1) is 17.7 Å². The van der Waals surface area contributed by atoms with Crippen molar-refractivity contribution in [3.8, 4) is 6.07 Å². The van der Waals surface area contributed by atoms with E-state index in [1.165, 1.54) is 18.3 Å². The first-order chi connectivity index (χ1) is 17.3. The molecular weight excluding hydrogens is 474 g/mol. The van der Waals surface area contributed by atoms with Crippen molar-refractivity contribution in [2.45, 2.75) is 39.0 Å². The van der Waals surface area contributed by atoms with Gasteiger partial charge in [0, 0.05) is 23.9 Å². The zero-order valence-corrected chi connectivity index (χ0v) is 20.8. The molecule has 1 aliphatic carbocycles. The maximum absolute atomic E-state index is 13.1. The van der Waals surface area contributed by atoms with E-state index in [0.717, 1.165) is 35.2 Å². The lowest BCUT2D eigenvalue weighted by Crippen LogP contribution is -2.16. The highest BCUT2D eigenvalue weighted by Crippen LogP contribution is 2.49. The van der Waals surface area contributed by atoms with Gasteiger partial charge in [-0.2, -0.15) is 10.2 Å². The van der Waals surface area contributed by atoms with Crippen molar-refractivity contribution < 1.29 is 9.59 Å². The molecule has 2 aromatic carbocycles. The molecule has 1 fully saturated rings. The molecule has 1 saturated carbocycles. The molecule has 3 N–H and O–H groups in total. The first-order valence-electron chi connectivity index (χ1n) is 11.4. The van der Waals surface area contributed by atoms with Crippen LogP contribution in [0.3, 0.4) is 0 Å². The number of anilines is 4.